The van der Waals surface area contributed by atoms with Crippen molar-refractivity contribution in [3.63, 3.8) is 0 Å². The van der Waals surface area contributed by atoms with Gasteiger partial charge in [0.1, 0.15) is 12.3 Å². The van der Waals surface area contributed by atoms with Gasteiger partial charge in [-0.15, -0.1) is 0 Å². The first-order valence-corrected chi connectivity index (χ1v) is 5.03. The molecule has 0 saturated carbocycles. The third-order valence-corrected chi connectivity index (χ3v) is 2.65. The number of anilines is 1. The zero-order chi connectivity index (χ0) is 13.5. The number of nitrogens with zero attached hydrogens (tertiary/aromatic N) is 2. The minimum Gasteiger partial charge on any atom is -0.393 e. The number of ether oxygens (including phenoxy) is 1. The SMILES string of the molecule is Nc1nc(=O)n([C@H]2CC(F)(F)[C@H](CO)O2)cc1F. The van der Waals surface area contributed by atoms with Gasteiger partial charge >= 0.3 is 5.69 Å². The number of rotatable bonds is 2. The Bertz CT molecular complexity index is 520. The highest BCUT2D eigenvalue weighted by Gasteiger charge is 2.50. The highest BCUT2D eigenvalue weighted by Crippen LogP contribution is 2.40. The molecule has 0 aromatic carbocycles. The summed E-state index contributed by atoms with van der Waals surface area (Å²) in [5, 5.41) is 8.73. The molecule has 1 aliphatic heterocycles. The van der Waals surface area contributed by atoms with Crippen LogP contribution in [0, 0.1) is 5.82 Å². The van der Waals surface area contributed by atoms with Crippen molar-refractivity contribution in [2.45, 2.75) is 24.7 Å². The van der Waals surface area contributed by atoms with E-state index in [1.807, 2.05) is 0 Å². The minimum absolute atomic E-state index is 0.593. The van der Waals surface area contributed by atoms with Crippen LogP contribution in [-0.2, 0) is 4.74 Å². The van der Waals surface area contributed by atoms with Crippen molar-refractivity contribution in [1.82, 2.24) is 9.55 Å². The number of aliphatic hydroxyl groups is 1. The van der Waals surface area contributed by atoms with Crippen LogP contribution in [0.15, 0.2) is 11.0 Å². The van der Waals surface area contributed by atoms with Crippen molar-refractivity contribution in [3.8, 4) is 0 Å². The summed E-state index contributed by atoms with van der Waals surface area (Å²) in [6.07, 6.45) is -3.30. The topological polar surface area (TPSA) is 90.4 Å². The van der Waals surface area contributed by atoms with Crippen molar-refractivity contribution in [1.29, 1.82) is 0 Å². The smallest absolute Gasteiger partial charge is 0.351 e. The number of halogens is 3. The van der Waals surface area contributed by atoms with Gasteiger partial charge in [0.05, 0.1) is 19.2 Å². The Morgan fingerprint density at radius 1 is 1.67 bits per heavy atom. The second-order valence-corrected chi connectivity index (χ2v) is 3.89. The van der Waals surface area contributed by atoms with Gasteiger partial charge in [0.15, 0.2) is 11.6 Å². The lowest BCUT2D eigenvalue weighted by Crippen LogP contribution is -2.31. The lowest BCUT2D eigenvalue weighted by atomic mass is 10.2. The second-order valence-electron chi connectivity index (χ2n) is 3.89. The van der Waals surface area contributed by atoms with Gasteiger partial charge in [0.25, 0.3) is 5.92 Å². The van der Waals surface area contributed by atoms with E-state index in [-0.39, 0.29) is 0 Å². The average molecular weight is 265 g/mol. The predicted molar refractivity (Wildman–Crippen MR) is 53.4 cm³/mol. The van der Waals surface area contributed by atoms with E-state index in [9.17, 15) is 18.0 Å². The third kappa shape index (κ3) is 2.06. The van der Waals surface area contributed by atoms with Crippen LogP contribution in [0.5, 0.6) is 0 Å². The second kappa shape index (κ2) is 4.25. The molecule has 0 spiro atoms. The number of aliphatic hydroxyl groups excluding tert-OH is 1. The molecule has 100 valence electrons. The molecule has 0 unspecified atom stereocenters. The van der Waals surface area contributed by atoms with Gasteiger partial charge in [-0.25, -0.2) is 18.0 Å². The van der Waals surface area contributed by atoms with E-state index >= 15 is 0 Å². The van der Waals surface area contributed by atoms with Gasteiger partial charge in [-0.05, 0) is 0 Å². The first-order valence-electron chi connectivity index (χ1n) is 5.03. The van der Waals surface area contributed by atoms with Crippen LogP contribution >= 0.6 is 0 Å². The zero-order valence-corrected chi connectivity index (χ0v) is 9.02. The normalized spacial score (nSPS) is 26.4. The summed E-state index contributed by atoms with van der Waals surface area (Å²) in [6, 6.07) is 0. The van der Waals surface area contributed by atoms with Crippen LogP contribution in [0.4, 0.5) is 19.0 Å². The van der Waals surface area contributed by atoms with Gasteiger partial charge in [-0.1, -0.05) is 0 Å². The average Bonchev–Trinajstić information content (AvgIpc) is 2.58. The summed E-state index contributed by atoms with van der Waals surface area (Å²) in [5.74, 6) is -4.91. The lowest BCUT2D eigenvalue weighted by Gasteiger charge is -2.14. The van der Waals surface area contributed by atoms with Crippen molar-refractivity contribution in [3.05, 3.63) is 22.5 Å². The fraction of sp³-hybridized carbons (Fsp3) is 0.556. The van der Waals surface area contributed by atoms with E-state index in [1.165, 1.54) is 0 Å². The molecule has 2 rings (SSSR count). The molecule has 3 N–H and O–H groups in total. The molecule has 1 aromatic rings. The lowest BCUT2D eigenvalue weighted by molar-refractivity contribution is -0.102. The quantitative estimate of drug-likeness (QED) is 0.778. The number of alkyl halides is 2. The van der Waals surface area contributed by atoms with E-state index in [4.69, 9.17) is 15.6 Å². The van der Waals surface area contributed by atoms with Crippen LogP contribution in [-0.4, -0.2) is 33.3 Å². The summed E-state index contributed by atoms with van der Waals surface area (Å²) >= 11 is 0. The number of aromatic nitrogens is 2. The van der Waals surface area contributed by atoms with Crippen LogP contribution in [0.1, 0.15) is 12.6 Å². The van der Waals surface area contributed by atoms with Gasteiger partial charge in [-0.2, -0.15) is 4.98 Å². The largest absolute Gasteiger partial charge is 0.393 e. The van der Waals surface area contributed by atoms with Crippen molar-refractivity contribution in [2.24, 2.45) is 0 Å². The Morgan fingerprint density at radius 2 is 2.33 bits per heavy atom. The molecule has 0 amide bonds. The molecule has 0 bridgehead atoms. The summed E-state index contributed by atoms with van der Waals surface area (Å²) in [4.78, 5) is 14.5. The molecule has 1 aliphatic rings. The minimum atomic E-state index is -3.29. The Balaban J connectivity index is 2.35. The van der Waals surface area contributed by atoms with E-state index in [0.717, 1.165) is 0 Å². The van der Waals surface area contributed by atoms with Crippen molar-refractivity contribution >= 4 is 5.82 Å². The Kier molecular flexibility index (Phi) is 3.03. The summed E-state index contributed by atoms with van der Waals surface area (Å²) < 4.78 is 45.2. The van der Waals surface area contributed by atoms with Crippen LogP contribution in [0.25, 0.3) is 0 Å². The number of nitrogens with two attached hydrogens (primary N) is 1. The highest BCUT2D eigenvalue weighted by atomic mass is 19.3. The zero-order valence-electron chi connectivity index (χ0n) is 9.02. The summed E-state index contributed by atoms with van der Waals surface area (Å²) in [6.45, 7) is -0.900. The van der Waals surface area contributed by atoms with Gasteiger partial charge < -0.3 is 15.6 Å². The number of nitrogen functional groups attached to an aromatic ring is 1. The van der Waals surface area contributed by atoms with Gasteiger partial charge in [0.2, 0.25) is 0 Å². The molecule has 1 fully saturated rings. The highest BCUT2D eigenvalue weighted by molar-refractivity contribution is 5.26. The Hall–Kier alpha value is -1.61. The Morgan fingerprint density at radius 3 is 2.89 bits per heavy atom. The van der Waals surface area contributed by atoms with E-state index in [0.29, 0.717) is 10.8 Å². The fourth-order valence-corrected chi connectivity index (χ4v) is 1.71. The van der Waals surface area contributed by atoms with Crippen LogP contribution in [0.2, 0.25) is 0 Å². The van der Waals surface area contributed by atoms with Crippen molar-refractivity contribution < 1.29 is 23.0 Å². The van der Waals surface area contributed by atoms with E-state index in [2.05, 4.69) is 4.98 Å². The molecule has 0 radical (unpaired) electrons. The molecule has 18 heavy (non-hydrogen) atoms. The monoisotopic (exact) mass is 265 g/mol. The maximum absolute atomic E-state index is 13.3. The maximum atomic E-state index is 13.3. The summed E-state index contributed by atoms with van der Waals surface area (Å²) in [5.41, 5.74) is 4.07. The number of hydrogen-bond acceptors (Lipinski definition) is 5. The molecule has 2 heterocycles. The standard InChI is InChI=1S/C9H10F3N3O3/c10-4-2-15(8(17)14-7(4)13)6-1-9(11,12)5(3-16)18-6/h2,5-6,16H,1,3H2,(H2,13,14,17)/t5-,6+/m0/s1. The van der Waals surface area contributed by atoms with Crippen LogP contribution in [0.3, 0.4) is 0 Å². The van der Waals surface area contributed by atoms with Crippen LogP contribution < -0.4 is 11.4 Å². The predicted octanol–water partition coefficient (Wildman–Crippen LogP) is -0.120. The van der Waals surface area contributed by atoms with Gasteiger partial charge in [0, 0.05) is 0 Å². The first kappa shape index (κ1) is 12.8. The fourth-order valence-electron chi connectivity index (χ4n) is 1.71. The first-order chi connectivity index (χ1) is 8.35. The Labute approximate surface area is 98.8 Å². The maximum Gasteiger partial charge on any atom is 0.351 e. The number of hydrogen-bond donors (Lipinski definition) is 2. The molecular weight excluding hydrogens is 255 g/mol. The molecular formula is C9H10F3N3O3. The van der Waals surface area contributed by atoms with Crippen molar-refractivity contribution in [2.75, 3.05) is 12.3 Å². The van der Waals surface area contributed by atoms with E-state index < -0.39 is 48.6 Å². The summed E-state index contributed by atoms with van der Waals surface area (Å²) in [7, 11) is 0. The molecule has 2 atom stereocenters. The third-order valence-electron chi connectivity index (χ3n) is 2.65. The molecule has 6 nitrogen and oxygen atoms in total. The molecule has 0 aliphatic carbocycles. The molecule has 1 saturated heterocycles. The molecule has 1 aromatic heterocycles. The molecule has 9 heteroatoms. The van der Waals surface area contributed by atoms with Gasteiger partial charge in [-0.3, -0.25) is 4.57 Å². The van der Waals surface area contributed by atoms with E-state index in [1.54, 1.807) is 0 Å².